The predicted octanol–water partition coefficient (Wildman–Crippen LogP) is 5.00. The highest BCUT2D eigenvalue weighted by atomic mass is 16.1. The first-order chi connectivity index (χ1) is 14.2. The molecule has 0 saturated carbocycles. The van der Waals surface area contributed by atoms with E-state index < -0.39 is 0 Å². The fraction of sp³-hybridized carbons (Fsp3) is 0.0400. The zero-order chi connectivity index (χ0) is 20.0. The molecule has 0 bridgehead atoms. The van der Waals surface area contributed by atoms with Crippen molar-refractivity contribution in [3.63, 3.8) is 0 Å². The molecule has 2 aromatic heterocycles. The summed E-state index contributed by atoms with van der Waals surface area (Å²) in [6.45, 7) is 0. The van der Waals surface area contributed by atoms with Crippen LogP contribution in [0.2, 0.25) is 0 Å². The van der Waals surface area contributed by atoms with Crippen LogP contribution in [0.25, 0.3) is 38.9 Å². The van der Waals surface area contributed by atoms with Crippen molar-refractivity contribution in [3.05, 3.63) is 101 Å². The van der Waals surface area contributed by atoms with E-state index in [0.717, 1.165) is 27.9 Å². The van der Waals surface area contributed by atoms with Crippen LogP contribution in [0, 0.1) is 11.3 Å². The molecule has 0 atom stereocenters. The van der Waals surface area contributed by atoms with Crippen LogP contribution in [-0.4, -0.2) is 8.97 Å². The van der Waals surface area contributed by atoms with Crippen molar-refractivity contribution >= 4 is 16.6 Å². The minimum Gasteiger partial charge on any atom is -0.308 e. The molecule has 5 rings (SSSR count). The fourth-order valence-corrected chi connectivity index (χ4v) is 4.09. The minimum absolute atomic E-state index is 0.124. The number of para-hydroxylation sites is 2. The third-order valence-electron chi connectivity index (χ3n) is 5.38. The first-order valence-electron chi connectivity index (χ1n) is 9.39. The van der Waals surface area contributed by atoms with Gasteiger partial charge in [-0.25, -0.2) is 0 Å². The van der Waals surface area contributed by atoms with E-state index in [2.05, 4.69) is 6.07 Å². The second kappa shape index (κ2) is 6.50. The molecule has 0 fully saturated rings. The Morgan fingerprint density at radius 2 is 1.31 bits per heavy atom. The van der Waals surface area contributed by atoms with Gasteiger partial charge in [0, 0.05) is 12.6 Å². The first-order valence-corrected chi connectivity index (χ1v) is 9.39. The van der Waals surface area contributed by atoms with E-state index in [1.165, 1.54) is 0 Å². The Bertz CT molecular complexity index is 1470. The molecule has 4 nitrogen and oxygen atoms in total. The minimum atomic E-state index is -0.124. The van der Waals surface area contributed by atoms with Crippen LogP contribution in [0.15, 0.2) is 89.7 Å². The Kier molecular flexibility index (Phi) is 3.82. The van der Waals surface area contributed by atoms with Gasteiger partial charge < -0.3 is 8.97 Å². The van der Waals surface area contributed by atoms with Crippen LogP contribution in [-0.2, 0) is 7.05 Å². The zero-order valence-electron chi connectivity index (χ0n) is 15.8. The standard InChI is InChI=1S/C25H17N3O/c1-27-20-14-8-9-15-21(20)28-23(18-12-6-3-7-13-18)19(16-26)22(24(28)25(27)29)17-10-4-2-5-11-17/h2-15H,1H3. The Morgan fingerprint density at radius 1 is 0.759 bits per heavy atom. The molecule has 0 aliphatic carbocycles. The first kappa shape index (κ1) is 17.0. The van der Waals surface area contributed by atoms with Gasteiger partial charge in [0.2, 0.25) is 0 Å². The summed E-state index contributed by atoms with van der Waals surface area (Å²) in [6, 6.07) is 29.6. The Balaban J connectivity index is 2.13. The van der Waals surface area contributed by atoms with Crippen molar-refractivity contribution in [2.24, 2.45) is 7.05 Å². The average molecular weight is 375 g/mol. The van der Waals surface area contributed by atoms with E-state index in [0.29, 0.717) is 16.6 Å². The molecule has 0 aliphatic rings. The highest BCUT2D eigenvalue weighted by Gasteiger charge is 2.25. The van der Waals surface area contributed by atoms with E-state index in [1.807, 2.05) is 89.3 Å². The van der Waals surface area contributed by atoms with Crippen LogP contribution in [0.1, 0.15) is 5.56 Å². The summed E-state index contributed by atoms with van der Waals surface area (Å²) < 4.78 is 3.61. The van der Waals surface area contributed by atoms with Crippen molar-refractivity contribution in [1.29, 1.82) is 5.26 Å². The number of aryl methyl sites for hydroxylation is 1. The molecule has 0 N–H and O–H groups in total. The molecule has 29 heavy (non-hydrogen) atoms. The maximum Gasteiger partial charge on any atom is 0.275 e. The smallest absolute Gasteiger partial charge is 0.275 e. The molecule has 3 aromatic carbocycles. The number of aromatic nitrogens is 2. The van der Waals surface area contributed by atoms with Gasteiger partial charge in [-0.05, 0) is 23.3 Å². The van der Waals surface area contributed by atoms with Gasteiger partial charge in [0.1, 0.15) is 11.6 Å². The van der Waals surface area contributed by atoms with Gasteiger partial charge >= 0.3 is 0 Å². The topological polar surface area (TPSA) is 50.2 Å². The fourth-order valence-electron chi connectivity index (χ4n) is 4.09. The number of nitrogens with zero attached hydrogens (tertiary/aromatic N) is 3. The number of hydrogen-bond donors (Lipinski definition) is 0. The number of hydrogen-bond acceptors (Lipinski definition) is 2. The maximum atomic E-state index is 13.5. The second-order valence-electron chi connectivity index (χ2n) is 6.98. The third-order valence-corrected chi connectivity index (χ3v) is 5.38. The van der Waals surface area contributed by atoms with E-state index in [9.17, 15) is 10.1 Å². The van der Waals surface area contributed by atoms with Crippen molar-refractivity contribution in [3.8, 4) is 28.5 Å². The molecule has 138 valence electrons. The highest BCUT2D eigenvalue weighted by molar-refractivity contribution is 5.97. The Hall–Kier alpha value is -4.10. The molecule has 0 unspecified atom stereocenters. The predicted molar refractivity (Wildman–Crippen MR) is 116 cm³/mol. The van der Waals surface area contributed by atoms with Gasteiger partial charge in [-0.1, -0.05) is 72.8 Å². The van der Waals surface area contributed by atoms with Crippen LogP contribution in [0.5, 0.6) is 0 Å². The van der Waals surface area contributed by atoms with Crippen LogP contribution in [0.4, 0.5) is 0 Å². The summed E-state index contributed by atoms with van der Waals surface area (Å²) in [6.07, 6.45) is 0. The molecule has 0 amide bonds. The van der Waals surface area contributed by atoms with Gasteiger partial charge in [0.25, 0.3) is 5.56 Å². The van der Waals surface area contributed by atoms with Crippen LogP contribution >= 0.6 is 0 Å². The Morgan fingerprint density at radius 3 is 1.93 bits per heavy atom. The van der Waals surface area contributed by atoms with Crippen molar-refractivity contribution in [1.82, 2.24) is 8.97 Å². The lowest BCUT2D eigenvalue weighted by atomic mass is 10.00. The van der Waals surface area contributed by atoms with E-state index in [-0.39, 0.29) is 5.56 Å². The Labute approximate surface area is 167 Å². The lowest BCUT2D eigenvalue weighted by Gasteiger charge is -2.11. The SMILES string of the molecule is Cn1c(=O)c2c(-c3ccccc3)c(C#N)c(-c3ccccc3)n2c2ccccc21. The van der Waals surface area contributed by atoms with Gasteiger partial charge in [-0.15, -0.1) is 0 Å². The molecule has 2 heterocycles. The summed E-state index contributed by atoms with van der Waals surface area (Å²) in [5.41, 5.74) is 5.80. The largest absolute Gasteiger partial charge is 0.308 e. The van der Waals surface area contributed by atoms with E-state index >= 15 is 0 Å². The van der Waals surface area contributed by atoms with Gasteiger partial charge in [0.15, 0.2) is 0 Å². The highest BCUT2D eigenvalue weighted by Crippen LogP contribution is 2.38. The molecular weight excluding hydrogens is 358 g/mol. The molecule has 4 heteroatoms. The lowest BCUT2D eigenvalue weighted by molar-refractivity contribution is 0.901. The van der Waals surface area contributed by atoms with Crippen LogP contribution < -0.4 is 5.56 Å². The molecular formula is C25H17N3O. The number of nitriles is 1. The monoisotopic (exact) mass is 375 g/mol. The van der Waals surface area contributed by atoms with E-state index in [1.54, 1.807) is 11.6 Å². The maximum absolute atomic E-state index is 13.5. The third kappa shape index (κ3) is 2.41. The zero-order valence-corrected chi connectivity index (χ0v) is 15.8. The van der Waals surface area contributed by atoms with Gasteiger partial charge in [-0.3, -0.25) is 4.79 Å². The summed E-state index contributed by atoms with van der Waals surface area (Å²) in [5, 5.41) is 10.2. The summed E-state index contributed by atoms with van der Waals surface area (Å²) in [7, 11) is 1.78. The van der Waals surface area contributed by atoms with Gasteiger partial charge in [-0.2, -0.15) is 5.26 Å². The molecule has 0 radical (unpaired) electrons. The van der Waals surface area contributed by atoms with Crippen molar-refractivity contribution in [2.45, 2.75) is 0 Å². The normalized spacial score (nSPS) is 11.0. The summed E-state index contributed by atoms with van der Waals surface area (Å²) in [4.78, 5) is 13.5. The summed E-state index contributed by atoms with van der Waals surface area (Å²) >= 11 is 0. The quantitative estimate of drug-likeness (QED) is 0.436. The average Bonchev–Trinajstić information content (AvgIpc) is 3.14. The van der Waals surface area contributed by atoms with Crippen molar-refractivity contribution < 1.29 is 0 Å². The number of benzene rings is 3. The lowest BCUT2D eigenvalue weighted by Crippen LogP contribution is -2.20. The number of rotatable bonds is 2. The van der Waals surface area contributed by atoms with Crippen molar-refractivity contribution in [2.75, 3.05) is 0 Å². The molecule has 0 spiro atoms. The molecule has 0 aliphatic heterocycles. The second-order valence-corrected chi connectivity index (χ2v) is 6.98. The van der Waals surface area contributed by atoms with E-state index in [4.69, 9.17) is 0 Å². The number of fused-ring (bicyclic) bond motifs is 3. The summed E-state index contributed by atoms with van der Waals surface area (Å²) in [5.74, 6) is 0. The molecule has 5 aromatic rings. The van der Waals surface area contributed by atoms with Gasteiger partial charge in [0.05, 0.1) is 22.3 Å². The molecule has 0 saturated heterocycles. The van der Waals surface area contributed by atoms with Crippen LogP contribution in [0.3, 0.4) is 0 Å².